The highest BCUT2D eigenvalue weighted by Crippen LogP contribution is 2.28. The first-order valence-corrected chi connectivity index (χ1v) is 6.63. The maximum Gasteiger partial charge on any atom is 0.135 e. The van der Waals surface area contributed by atoms with Crippen molar-refractivity contribution >= 4 is 5.82 Å². The van der Waals surface area contributed by atoms with Crippen LogP contribution >= 0.6 is 0 Å². The molecular weight excluding hydrogens is 212 g/mol. The van der Waals surface area contributed by atoms with Crippen LogP contribution < -0.4 is 10.2 Å². The highest BCUT2D eigenvalue weighted by Gasteiger charge is 2.26. The summed E-state index contributed by atoms with van der Waals surface area (Å²) in [6, 6.07) is 0.615. The lowest BCUT2D eigenvalue weighted by Crippen LogP contribution is -2.30. The zero-order chi connectivity index (χ0) is 11.7. The van der Waals surface area contributed by atoms with Gasteiger partial charge in [-0.15, -0.1) is 0 Å². The smallest absolute Gasteiger partial charge is 0.135 e. The number of hydrogen-bond acceptors (Lipinski definition) is 4. The summed E-state index contributed by atoms with van der Waals surface area (Å²) in [4.78, 5) is 11.4. The fourth-order valence-corrected chi connectivity index (χ4v) is 2.96. The van der Waals surface area contributed by atoms with Gasteiger partial charge in [0.1, 0.15) is 12.1 Å². The molecule has 0 bridgehead atoms. The molecular formula is C13H20N4. The summed E-state index contributed by atoms with van der Waals surface area (Å²) in [5, 5.41) is 3.36. The van der Waals surface area contributed by atoms with Crippen molar-refractivity contribution in [2.24, 2.45) is 0 Å². The predicted molar refractivity (Wildman–Crippen MR) is 68.4 cm³/mol. The second-order valence-corrected chi connectivity index (χ2v) is 5.05. The second-order valence-electron chi connectivity index (χ2n) is 5.05. The van der Waals surface area contributed by atoms with Crippen LogP contribution in [0.25, 0.3) is 0 Å². The van der Waals surface area contributed by atoms with Crippen LogP contribution in [-0.2, 0) is 12.8 Å². The van der Waals surface area contributed by atoms with Crippen molar-refractivity contribution in [2.45, 2.75) is 38.1 Å². The number of aromatic nitrogens is 2. The minimum absolute atomic E-state index is 0.615. The molecule has 17 heavy (non-hydrogen) atoms. The average Bonchev–Trinajstić information content (AvgIpc) is 2.87. The maximum absolute atomic E-state index is 4.53. The van der Waals surface area contributed by atoms with Crippen molar-refractivity contribution in [3.8, 4) is 0 Å². The van der Waals surface area contributed by atoms with Crippen LogP contribution in [0.2, 0.25) is 0 Å². The van der Waals surface area contributed by atoms with E-state index in [1.54, 1.807) is 6.33 Å². The summed E-state index contributed by atoms with van der Waals surface area (Å²) in [5.74, 6) is 1.20. The molecule has 1 aliphatic carbocycles. The minimum atomic E-state index is 0.615. The summed E-state index contributed by atoms with van der Waals surface area (Å²) in [6.07, 6.45) is 7.82. The second kappa shape index (κ2) is 4.61. The summed E-state index contributed by atoms with van der Waals surface area (Å²) in [7, 11) is 2.05. The van der Waals surface area contributed by atoms with E-state index in [-0.39, 0.29) is 0 Å². The van der Waals surface area contributed by atoms with Gasteiger partial charge in [0.05, 0.1) is 0 Å². The van der Waals surface area contributed by atoms with E-state index in [0.717, 1.165) is 25.9 Å². The van der Waals surface area contributed by atoms with Crippen LogP contribution in [0, 0.1) is 0 Å². The van der Waals surface area contributed by atoms with Crippen LogP contribution in [0.5, 0.6) is 0 Å². The molecule has 2 heterocycles. The number of aryl methyl sites for hydroxylation is 1. The Balaban J connectivity index is 1.88. The van der Waals surface area contributed by atoms with Crippen LogP contribution in [0.4, 0.5) is 5.82 Å². The third-order valence-corrected chi connectivity index (χ3v) is 4.00. The van der Waals surface area contributed by atoms with Gasteiger partial charge in [0, 0.05) is 30.4 Å². The van der Waals surface area contributed by atoms with Gasteiger partial charge in [0.15, 0.2) is 0 Å². The molecule has 0 amide bonds. The molecule has 1 saturated heterocycles. The molecule has 4 nitrogen and oxygen atoms in total. The Kier molecular flexibility index (Phi) is 2.97. The van der Waals surface area contributed by atoms with Gasteiger partial charge in [-0.2, -0.15) is 0 Å². The average molecular weight is 232 g/mol. The molecule has 1 unspecified atom stereocenters. The van der Waals surface area contributed by atoms with E-state index in [1.165, 1.54) is 36.3 Å². The zero-order valence-corrected chi connectivity index (χ0v) is 10.4. The first kappa shape index (κ1) is 11.0. The molecule has 0 spiro atoms. The van der Waals surface area contributed by atoms with E-state index in [9.17, 15) is 0 Å². The molecule has 1 fully saturated rings. The normalized spacial score (nSPS) is 23.8. The van der Waals surface area contributed by atoms with Gasteiger partial charge in [0.2, 0.25) is 0 Å². The molecule has 0 radical (unpaired) electrons. The van der Waals surface area contributed by atoms with Crippen molar-refractivity contribution < 1.29 is 0 Å². The first-order valence-electron chi connectivity index (χ1n) is 6.63. The molecule has 92 valence electrons. The molecule has 0 saturated carbocycles. The highest BCUT2D eigenvalue weighted by atomic mass is 15.2. The Morgan fingerprint density at radius 1 is 1.29 bits per heavy atom. The Hall–Kier alpha value is -1.16. The van der Waals surface area contributed by atoms with E-state index in [4.69, 9.17) is 0 Å². The number of rotatable bonds is 2. The van der Waals surface area contributed by atoms with Crippen LogP contribution in [-0.4, -0.2) is 36.1 Å². The van der Waals surface area contributed by atoms with Crippen LogP contribution in [0.3, 0.4) is 0 Å². The van der Waals surface area contributed by atoms with Gasteiger partial charge in [0.25, 0.3) is 0 Å². The summed E-state index contributed by atoms with van der Waals surface area (Å²) < 4.78 is 0. The molecule has 1 N–H and O–H groups in total. The maximum atomic E-state index is 4.53. The van der Waals surface area contributed by atoms with E-state index < -0.39 is 0 Å². The van der Waals surface area contributed by atoms with E-state index in [0.29, 0.717) is 6.04 Å². The molecule has 0 aromatic carbocycles. The third-order valence-electron chi connectivity index (χ3n) is 4.00. The lowest BCUT2D eigenvalue weighted by molar-refractivity contribution is 0.615. The van der Waals surface area contributed by atoms with Gasteiger partial charge >= 0.3 is 0 Å². The SMILES string of the molecule is CNC1CCN(c2ncnc3c2CCCC3)C1. The number of nitrogens with zero attached hydrogens (tertiary/aromatic N) is 3. The largest absolute Gasteiger partial charge is 0.355 e. The minimum Gasteiger partial charge on any atom is -0.355 e. The number of nitrogens with one attached hydrogen (secondary N) is 1. The predicted octanol–water partition coefficient (Wildman–Crippen LogP) is 1.15. The van der Waals surface area contributed by atoms with Gasteiger partial charge in [-0.1, -0.05) is 0 Å². The molecule has 1 aromatic heterocycles. The lowest BCUT2D eigenvalue weighted by Gasteiger charge is -2.24. The van der Waals surface area contributed by atoms with Crippen molar-refractivity contribution in [1.29, 1.82) is 0 Å². The number of fused-ring (bicyclic) bond motifs is 1. The van der Waals surface area contributed by atoms with E-state index in [1.807, 2.05) is 7.05 Å². The molecule has 3 rings (SSSR count). The summed E-state index contributed by atoms with van der Waals surface area (Å²) in [5.41, 5.74) is 2.70. The number of likely N-dealkylation sites (N-methyl/N-ethyl adjacent to an activating group) is 1. The van der Waals surface area contributed by atoms with E-state index in [2.05, 4.69) is 20.2 Å². The standard InChI is InChI=1S/C13H20N4/c1-14-10-6-7-17(8-10)13-11-4-2-3-5-12(11)15-9-16-13/h9-10,14H,2-8H2,1H3. The molecule has 4 heteroatoms. The van der Waals surface area contributed by atoms with Gasteiger partial charge < -0.3 is 10.2 Å². The van der Waals surface area contributed by atoms with E-state index >= 15 is 0 Å². The van der Waals surface area contributed by atoms with Crippen LogP contribution in [0.1, 0.15) is 30.5 Å². The Morgan fingerprint density at radius 2 is 2.18 bits per heavy atom. The molecule has 1 aromatic rings. The first-order chi connectivity index (χ1) is 8.38. The summed E-state index contributed by atoms with van der Waals surface area (Å²) in [6.45, 7) is 2.20. The van der Waals surface area contributed by atoms with Crippen LogP contribution in [0.15, 0.2) is 6.33 Å². The fraction of sp³-hybridized carbons (Fsp3) is 0.692. The van der Waals surface area contributed by atoms with Crippen molar-refractivity contribution in [2.75, 3.05) is 25.0 Å². The molecule has 2 aliphatic rings. The van der Waals surface area contributed by atoms with Crippen molar-refractivity contribution in [3.05, 3.63) is 17.6 Å². The zero-order valence-electron chi connectivity index (χ0n) is 10.4. The lowest BCUT2D eigenvalue weighted by atomic mass is 9.96. The topological polar surface area (TPSA) is 41.0 Å². The Labute approximate surface area is 102 Å². The quantitative estimate of drug-likeness (QED) is 0.830. The third kappa shape index (κ3) is 2.02. The summed E-state index contributed by atoms with van der Waals surface area (Å²) >= 11 is 0. The van der Waals surface area contributed by atoms with Gasteiger partial charge in [-0.3, -0.25) is 0 Å². The van der Waals surface area contributed by atoms with Crippen molar-refractivity contribution in [1.82, 2.24) is 15.3 Å². The molecule has 1 aliphatic heterocycles. The molecule has 1 atom stereocenters. The monoisotopic (exact) mass is 232 g/mol. The van der Waals surface area contributed by atoms with Crippen molar-refractivity contribution in [3.63, 3.8) is 0 Å². The Morgan fingerprint density at radius 3 is 3.00 bits per heavy atom. The number of hydrogen-bond donors (Lipinski definition) is 1. The highest BCUT2D eigenvalue weighted by molar-refractivity contribution is 5.50. The van der Waals surface area contributed by atoms with Gasteiger partial charge in [-0.05, 0) is 39.2 Å². The number of anilines is 1. The van der Waals surface area contributed by atoms with Gasteiger partial charge in [-0.25, -0.2) is 9.97 Å². The fourth-order valence-electron chi connectivity index (χ4n) is 2.96. The Bertz CT molecular complexity index is 404.